The quantitative estimate of drug-likeness (QED) is 0.802. The third kappa shape index (κ3) is 2.26. The molecule has 1 aromatic carbocycles. The van der Waals surface area contributed by atoms with Gasteiger partial charge in [-0.2, -0.15) is 0 Å². The molecule has 0 N–H and O–H groups in total. The molecule has 2 aliphatic heterocycles. The molecule has 0 spiro atoms. The molecule has 1 saturated heterocycles. The van der Waals surface area contributed by atoms with Gasteiger partial charge in [-0.3, -0.25) is 0 Å². The Bertz CT molecular complexity index is 731. The number of carbonyl (C=O) groups excluding carboxylic acids is 1. The summed E-state index contributed by atoms with van der Waals surface area (Å²) >= 11 is 0. The fourth-order valence-corrected chi connectivity index (χ4v) is 3.83. The van der Waals surface area contributed by atoms with Crippen LogP contribution in [-0.2, 0) is 19.0 Å². The van der Waals surface area contributed by atoms with Crippen molar-refractivity contribution in [1.82, 2.24) is 0 Å². The van der Waals surface area contributed by atoms with Crippen molar-refractivity contribution in [3.63, 3.8) is 0 Å². The van der Waals surface area contributed by atoms with E-state index in [4.69, 9.17) is 14.2 Å². The van der Waals surface area contributed by atoms with E-state index in [0.29, 0.717) is 25.4 Å². The Morgan fingerprint density at radius 3 is 2.79 bits per heavy atom. The lowest BCUT2D eigenvalue weighted by molar-refractivity contribution is -0.219. The van der Waals surface area contributed by atoms with Crippen molar-refractivity contribution >= 4 is 11.5 Å². The maximum atomic E-state index is 12.8. The van der Waals surface area contributed by atoms with Gasteiger partial charge >= 0.3 is 5.97 Å². The number of allylic oxidation sites excluding steroid dienone is 2. The average molecular weight is 324 g/mol. The van der Waals surface area contributed by atoms with Crippen molar-refractivity contribution in [3.8, 4) is 0 Å². The molecule has 1 aliphatic carbocycles. The summed E-state index contributed by atoms with van der Waals surface area (Å²) in [6.07, 6.45) is 8.16. The van der Waals surface area contributed by atoms with Crippen LogP contribution in [0.25, 0.3) is 5.57 Å². The molecule has 1 aromatic rings. The fourth-order valence-electron chi connectivity index (χ4n) is 3.83. The van der Waals surface area contributed by atoms with E-state index < -0.39 is 5.79 Å². The molecular weight excluding hydrogens is 304 g/mol. The Kier molecular flexibility index (Phi) is 3.87. The van der Waals surface area contributed by atoms with Gasteiger partial charge in [0.2, 0.25) is 5.79 Å². The van der Waals surface area contributed by atoms with Gasteiger partial charge in [0.1, 0.15) is 0 Å². The second-order valence-corrected chi connectivity index (χ2v) is 6.18. The zero-order valence-electron chi connectivity index (χ0n) is 13.6. The van der Waals surface area contributed by atoms with E-state index in [0.717, 1.165) is 11.1 Å². The number of benzene rings is 1. The Morgan fingerprint density at radius 2 is 2.00 bits per heavy atom. The zero-order chi connectivity index (χ0) is 16.6. The van der Waals surface area contributed by atoms with E-state index in [1.807, 2.05) is 49.4 Å². The van der Waals surface area contributed by atoms with Crippen LogP contribution < -0.4 is 0 Å². The minimum absolute atomic E-state index is 0.0786. The lowest BCUT2D eigenvalue weighted by Crippen LogP contribution is -2.46. The average Bonchev–Trinajstić information content (AvgIpc) is 2.79. The lowest BCUT2D eigenvalue weighted by atomic mass is 9.79. The lowest BCUT2D eigenvalue weighted by Gasteiger charge is -2.37. The van der Waals surface area contributed by atoms with Crippen LogP contribution in [0.5, 0.6) is 0 Å². The monoisotopic (exact) mass is 324 g/mol. The minimum Gasteiger partial charge on any atom is -0.424 e. The first-order valence-corrected chi connectivity index (χ1v) is 8.35. The highest BCUT2D eigenvalue weighted by Gasteiger charge is 2.56. The number of carbonyl (C=O) groups is 1. The Labute approximate surface area is 141 Å². The number of esters is 1. The van der Waals surface area contributed by atoms with Crippen LogP contribution >= 0.6 is 0 Å². The normalized spacial score (nSPS) is 31.5. The molecule has 0 aromatic heterocycles. The van der Waals surface area contributed by atoms with Gasteiger partial charge in [0, 0.05) is 18.1 Å². The topological polar surface area (TPSA) is 44.8 Å². The molecule has 0 bridgehead atoms. The van der Waals surface area contributed by atoms with Crippen molar-refractivity contribution in [1.29, 1.82) is 0 Å². The predicted molar refractivity (Wildman–Crippen MR) is 89.9 cm³/mol. The van der Waals surface area contributed by atoms with E-state index in [1.165, 1.54) is 0 Å². The summed E-state index contributed by atoms with van der Waals surface area (Å²) < 4.78 is 17.9. The largest absolute Gasteiger partial charge is 0.424 e. The molecular formula is C20H20O4. The third-order valence-corrected chi connectivity index (χ3v) is 4.84. The summed E-state index contributed by atoms with van der Waals surface area (Å²) in [5, 5.41) is 0. The van der Waals surface area contributed by atoms with Crippen molar-refractivity contribution in [2.75, 3.05) is 19.8 Å². The van der Waals surface area contributed by atoms with Gasteiger partial charge in [-0.25, -0.2) is 4.79 Å². The molecule has 4 heteroatoms. The van der Waals surface area contributed by atoms with Crippen molar-refractivity contribution in [2.24, 2.45) is 11.8 Å². The second-order valence-electron chi connectivity index (χ2n) is 6.18. The highest BCUT2D eigenvalue weighted by Crippen LogP contribution is 2.49. The summed E-state index contributed by atoms with van der Waals surface area (Å²) in [5.41, 5.74) is 2.22. The smallest absolute Gasteiger partial charge is 0.341 e. The van der Waals surface area contributed by atoms with E-state index >= 15 is 0 Å². The zero-order valence-corrected chi connectivity index (χ0v) is 13.6. The number of fused-ring (bicyclic) bond motifs is 3. The molecule has 24 heavy (non-hydrogen) atoms. The predicted octanol–water partition coefficient (Wildman–Crippen LogP) is 3.12. The molecule has 3 aliphatic rings. The molecule has 3 unspecified atom stereocenters. The van der Waals surface area contributed by atoms with Crippen molar-refractivity contribution < 1.29 is 19.0 Å². The highest BCUT2D eigenvalue weighted by molar-refractivity contribution is 6.20. The first-order valence-electron chi connectivity index (χ1n) is 8.35. The molecule has 4 rings (SSSR count). The summed E-state index contributed by atoms with van der Waals surface area (Å²) in [4.78, 5) is 12.8. The third-order valence-electron chi connectivity index (χ3n) is 4.84. The van der Waals surface area contributed by atoms with Gasteiger partial charge in [0.25, 0.3) is 0 Å². The molecule has 3 atom stereocenters. The van der Waals surface area contributed by atoms with E-state index in [9.17, 15) is 4.79 Å². The second kappa shape index (κ2) is 6.04. The van der Waals surface area contributed by atoms with Crippen molar-refractivity contribution in [3.05, 3.63) is 65.8 Å². The molecule has 0 amide bonds. The van der Waals surface area contributed by atoms with Crippen LogP contribution in [-0.4, -0.2) is 31.6 Å². The Balaban J connectivity index is 1.90. The molecule has 0 saturated carbocycles. The highest BCUT2D eigenvalue weighted by atomic mass is 16.7. The van der Waals surface area contributed by atoms with Crippen molar-refractivity contribution in [2.45, 2.75) is 12.7 Å². The Morgan fingerprint density at radius 1 is 1.21 bits per heavy atom. The number of hydrogen-bond donors (Lipinski definition) is 0. The first kappa shape index (κ1) is 15.4. The number of ether oxygens (including phenoxy) is 3. The van der Waals surface area contributed by atoms with Crippen LogP contribution in [0, 0.1) is 11.8 Å². The maximum Gasteiger partial charge on any atom is 0.341 e. The maximum absolute atomic E-state index is 12.8. The summed E-state index contributed by atoms with van der Waals surface area (Å²) in [6.45, 7) is 3.30. The van der Waals surface area contributed by atoms with Crippen LogP contribution in [0.2, 0.25) is 0 Å². The van der Waals surface area contributed by atoms with E-state index in [1.54, 1.807) is 0 Å². The van der Waals surface area contributed by atoms with Gasteiger partial charge in [-0.15, -0.1) is 0 Å². The molecule has 0 radical (unpaired) electrons. The SMILES string of the molecule is CCOC12OC(=O)C(c3ccccc3)=C1COCC1C=CC=CC12. The van der Waals surface area contributed by atoms with Gasteiger partial charge in [-0.1, -0.05) is 54.6 Å². The summed E-state index contributed by atoms with van der Waals surface area (Å²) in [7, 11) is 0. The van der Waals surface area contributed by atoms with Crippen LogP contribution in [0.15, 0.2) is 60.2 Å². The van der Waals surface area contributed by atoms with Crippen LogP contribution in [0.4, 0.5) is 0 Å². The van der Waals surface area contributed by atoms with Gasteiger partial charge in [-0.05, 0) is 12.5 Å². The van der Waals surface area contributed by atoms with E-state index in [2.05, 4.69) is 12.2 Å². The summed E-state index contributed by atoms with van der Waals surface area (Å²) in [6, 6.07) is 9.61. The molecule has 1 fully saturated rings. The van der Waals surface area contributed by atoms with Crippen LogP contribution in [0.3, 0.4) is 0 Å². The molecule has 124 valence electrons. The van der Waals surface area contributed by atoms with Gasteiger partial charge in [0.05, 0.1) is 24.7 Å². The minimum atomic E-state index is -1.07. The van der Waals surface area contributed by atoms with E-state index in [-0.39, 0.29) is 17.8 Å². The standard InChI is InChI=1S/C20H20O4/c1-2-23-20-16-11-7-6-10-15(16)12-22-13-17(20)18(19(21)24-20)14-8-4-3-5-9-14/h3-11,15-16H,2,12-13H2,1H3. The fraction of sp³-hybridized carbons (Fsp3) is 0.350. The first-order chi connectivity index (χ1) is 11.8. The number of rotatable bonds is 3. The van der Waals surface area contributed by atoms with Gasteiger partial charge < -0.3 is 14.2 Å². The number of hydrogen-bond acceptors (Lipinski definition) is 4. The van der Waals surface area contributed by atoms with Gasteiger partial charge in [0.15, 0.2) is 0 Å². The Hall–Kier alpha value is -2.17. The van der Waals surface area contributed by atoms with Crippen LogP contribution in [0.1, 0.15) is 12.5 Å². The molecule has 2 heterocycles. The molecule has 4 nitrogen and oxygen atoms in total. The summed E-state index contributed by atoms with van der Waals surface area (Å²) in [5.74, 6) is -1.36.